The zero-order chi connectivity index (χ0) is 15.2. The highest BCUT2D eigenvalue weighted by atomic mass is 14.4. The summed E-state index contributed by atoms with van der Waals surface area (Å²) in [4.78, 5) is 0. The summed E-state index contributed by atoms with van der Waals surface area (Å²) >= 11 is 0. The number of aryl methyl sites for hydroxylation is 1. The molecule has 0 heteroatoms. The molecule has 0 spiro atoms. The molecule has 0 saturated heterocycles. The first-order valence-electron chi connectivity index (χ1n) is 8.56. The topological polar surface area (TPSA) is 0 Å². The van der Waals surface area contributed by atoms with Crippen molar-refractivity contribution in [2.24, 2.45) is 5.92 Å². The first kappa shape index (κ1) is 17.3. The predicted molar refractivity (Wildman–Crippen MR) is 91.5 cm³/mol. The lowest BCUT2D eigenvalue weighted by Gasteiger charge is -2.40. The second-order valence-corrected chi connectivity index (χ2v) is 6.77. The minimum Gasteiger partial charge on any atom is -0.0654 e. The lowest BCUT2D eigenvalue weighted by molar-refractivity contribution is 0.248. The van der Waals surface area contributed by atoms with Crippen LogP contribution in [0.1, 0.15) is 82.9 Å². The molecule has 0 aliphatic carbocycles. The Labute approximate surface area is 127 Å². The average Bonchev–Trinajstić information content (AvgIpc) is 2.43. The number of rotatable bonds is 8. The Morgan fingerprint density at radius 1 is 0.950 bits per heavy atom. The highest BCUT2D eigenvalue weighted by Crippen LogP contribution is 2.43. The van der Waals surface area contributed by atoms with E-state index < -0.39 is 0 Å². The molecule has 0 saturated carbocycles. The Morgan fingerprint density at radius 2 is 1.50 bits per heavy atom. The van der Waals surface area contributed by atoms with Crippen LogP contribution in [-0.4, -0.2) is 0 Å². The van der Waals surface area contributed by atoms with Gasteiger partial charge in [-0.25, -0.2) is 0 Å². The largest absolute Gasteiger partial charge is 0.0654 e. The molecule has 114 valence electrons. The van der Waals surface area contributed by atoms with Gasteiger partial charge in [0.15, 0.2) is 0 Å². The zero-order valence-electron chi connectivity index (χ0n) is 14.6. The third-order valence-corrected chi connectivity index (χ3v) is 5.20. The van der Waals surface area contributed by atoms with Gasteiger partial charge in [0.1, 0.15) is 0 Å². The van der Waals surface area contributed by atoms with E-state index in [9.17, 15) is 0 Å². The van der Waals surface area contributed by atoms with Crippen molar-refractivity contribution in [1.82, 2.24) is 0 Å². The minimum absolute atomic E-state index is 0.377. The Balaban J connectivity index is 3.28. The minimum atomic E-state index is 0.377. The average molecular weight is 274 g/mol. The zero-order valence-corrected chi connectivity index (χ0v) is 14.6. The quantitative estimate of drug-likeness (QED) is 0.502. The van der Waals surface area contributed by atoms with E-state index in [4.69, 9.17) is 0 Å². The number of hydrogen-bond acceptors (Lipinski definition) is 0. The third kappa shape index (κ3) is 3.65. The molecule has 1 aromatic carbocycles. The van der Waals surface area contributed by atoms with Crippen LogP contribution >= 0.6 is 0 Å². The smallest absolute Gasteiger partial charge is 0.00213 e. The van der Waals surface area contributed by atoms with Crippen LogP contribution < -0.4 is 0 Å². The molecular formula is C20H34. The van der Waals surface area contributed by atoms with E-state index in [1.807, 2.05) is 0 Å². The van der Waals surface area contributed by atoms with E-state index in [0.717, 1.165) is 0 Å². The van der Waals surface area contributed by atoms with Gasteiger partial charge >= 0.3 is 0 Å². The van der Waals surface area contributed by atoms with Crippen LogP contribution in [0.15, 0.2) is 18.2 Å². The molecule has 0 N–H and O–H groups in total. The fraction of sp³-hybridized carbons (Fsp3) is 0.700. The van der Waals surface area contributed by atoms with E-state index in [-0.39, 0.29) is 0 Å². The van der Waals surface area contributed by atoms with Gasteiger partial charge in [0, 0.05) is 0 Å². The highest BCUT2D eigenvalue weighted by molar-refractivity contribution is 5.39. The third-order valence-electron chi connectivity index (χ3n) is 5.20. The Kier molecular flexibility index (Phi) is 6.79. The van der Waals surface area contributed by atoms with Gasteiger partial charge in [0.2, 0.25) is 0 Å². The lowest BCUT2D eigenvalue weighted by atomic mass is 9.64. The first-order valence-corrected chi connectivity index (χ1v) is 8.56. The molecule has 0 unspecified atom stereocenters. The van der Waals surface area contributed by atoms with Gasteiger partial charge < -0.3 is 0 Å². The van der Waals surface area contributed by atoms with Gasteiger partial charge in [-0.05, 0) is 54.7 Å². The van der Waals surface area contributed by atoms with Crippen molar-refractivity contribution < 1.29 is 0 Å². The molecule has 1 aromatic rings. The van der Waals surface area contributed by atoms with E-state index >= 15 is 0 Å². The molecule has 0 aromatic heterocycles. The molecule has 20 heavy (non-hydrogen) atoms. The normalized spacial score (nSPS) is 12.2. The SMILES string of the molecule is CCCCC(CCCC)(c1cccc(C)c1C)C(C)C. The summed E-state index contributed by atoms with van der Waals surface area (Å²) in [5.41, 5.74) is 4.96. The van der Waals surface area contributed by atoms with Gasteiger partial charge in [-0.1, -0.05) is 71.6 Å². The second kappa shape index (κ2) is 7.86. The van der Waals surface area contributed by atoms with E-state index in [1.165, 1.54) is 49.7 Å². The molecule has 0 aliphatic rings. The van der Waals surface area contributed by atoms with Crippen molar-refractivity contribution in [3.63, 3.8) is 0 Å². The lowest BCUT2D eigenvalue weighted by Crippen LogP contribution is -2.33. The fourth-order valence-corrected chi connectivity index (χ4v) is 3.56. The summed E-state index contributed by atoms with van der Waals surface area (Å²) < 4.78 is 0. The molecule has 0 bridgehead atoms. The molecule has 0 amide bonds. The van der Waals surface area contributed by atoms with Crippen molar-refractivity contribution in [3.8, 4) is 0 Å². The molecule has 0 aliphatic heterocycles. The van der Waals surface area contributed by atoms with Crippen LogP contribution in [0.2, 0.25) is 0 Å². The Hall–Kier alpha value is -0.780. The highest BCUT2D eigenvalue weighted by Gasteiger charge is 2.35. The van der Waals surface area contributed by atoms with Gasteiger partial charge in [-0.2, -0.15) is 0 Å². The molecule has 0 nitrogen and oxygen atoms in total. The Bertz CT molecular complexity index is 392. The predicted octanol–water partition coefficient (Wildman–Crippen LogP) is 6.58. The number of hydrogen-bond donors (Lipinski definition) is 0. The standard InChI is InChI=1S/C20H34/c1-7-9-14-20(16(3)4,15-10-8-2)19-13-11-12-17(5)18(19)6/h11-13,16H,7-10,14-15H2,1-6H3. The molecule has 1 rings (SSSR count). The van der Waals surface area contributed by atoms with E-state index in [2.05, 4.69) is 59.7 Å². The van der Waals surface area contributed by atoms with Gasteiger partial charge in [-0.15, -0.1) is 0 Å². The van der Waals surface area contributed by atoms with Crippen molar-refractivity contribution in [3.05, 3.63) is 34.9 Å². The summed E-state index contributed by atoms with van der Waals surface area (Å²) in [6, 6.07) is 6.91. The molecule has 0 heterocycles. The fourth-order valence-electron chi connectivity index (χ4n) is 3.56. The van der Waals surface area contributed by atoms with E-state index in [0.29, 0.717) is 11.3 Å². The van der Waals surface area contributed by atoms with Crippen molar-refractivity contribution >= 4 is 0 Å². The summed E-state index contributed by atoms with van der Waals surface area (Å²) in [6.45, 7) is 14.0. The Morgan fingerprint density at radius 3 is 1.95 bits per heavy atom. The van der Waals surface area contributed by atoms with Crippen molar-refractivity contribution in [2.45, 2.75) is 85.5 Å². The maximum atomic E-state index is 2.42. The maximum absolute atomic E-state index is 2.42. The van der Waals surface area contributed by atoms with Crippen LogP contribution in [0.5, 0.6) is 0 Å². The maximum Gasteiger partial charge on any atom is -0.00213 e. The van der Waals surface area contributed by atoms with Crippen LogP contribution in [0.4, 0.5) is 0 Å². The van der Waals surface area contributed by atoms with Crippen molar-refractivity contribution in [1.29, 1.82) is 0 Å². The molecule has 0 radical (unpaired) electrons. The number of unbranched alkanes of at least 4 members (excludes halogenated alkanes) is 2. The first-order chi connectivity index (χ1) is 9.49. The summed E-state index contributed by atoms with van der Waals surface area (Å²) in [5.74, 6) is 0.709. The van der Waals surface area contributed by atoms with Gasteiger partial charge in [0.25, 0.3) is 0 Å². The summed E-state index contributed by atoms with van der Waals surface area (Å²) in [6.07, 6.45) is 7.96. The van der Waals surface area contributed by atoms with Gasteiger partial charge in [0.05, 0.1) is 0 Å². The molecule has 0 fully saturated rings. The second-order valence-electron chi connectivity index (χ2n) is 6.77. The summed E-state index contributed by atoms with van der Waals surface area (Å²) in [5, 5.41) is 0. The van der Waals surface area contributed by atoms with Crippen LogP contribution in [0, 0.1) is 19.8 Å². The van der Waals surface area contributed by atoms with Crippen LogP contribution in [-0.2, 0) is 5.41 Å². The monoisotopic (exact) mass is 274 g/mol. The van der Waals surface area contributed by atoms with Crippen molar-refractivity contribution in [2.75, 3.05) is 0 Å². The summed E-state index contributed by atoms with van der Waals surface area (Å²) in [7, 11) is 0. The van der Waals surface area contributed by atoms with Gasteiger partial charge in [-0.3, -0.25) is 0 Å². The van der Waals surface area contributed by atoms with Crippen LogP contribution in [0.3, 0.4) is 0 Å². The molecular weight excluding hydrogens is 240 g/mol. The van der Waals surface area contributed by atoms with Crippen LogP contribution in [0.25, 0.3) is 0 Å². The number of benzene rings is 1. The van der Waals surface area contributed by atoms with E-state index in [1.54, 1.807) is 5.56 Å². The molecule has 0 atom stereocenters.